The summed E-state index contributed by atoms with van der Waals surface area (Å²) < 4.78 is 24.7. The van der Waals surface area contributed by atoms with Crippen molar-refractivity contribution >= 4 is 17.9 Å². The molecule has 6 nitrogen and oxygen atoms in total. The van der Waals surface area contributed by atoms with Crippen LogP contribution < -0.4 is 4.90 Å². The Morgan fingerprint density at radius 2 is 1.62 bits per heavy atom. The molecule has 0 spiro atoms. The molecule has 0 radical (unpaired) electrons. The Morgan fingerprint density at radius 3 is 2.21 bits per heavy atom. The number of anilines is 1. The molecular weight excluding hydrogens is 435 g/mol. The number of hydrogen-bond donors (Lipinski definition) is 0. The number of likely N-dealkylation sites (tertiary alicyclic amines) is 1. The van der Waals surface area contributed by atoms with E-state index in [2.05, 4.69) is 0 Å². The molecule has 2 aliphatic rings. The average molecular weight is 469 g/mol. The number of nitrogens with zero attached hydrogens (tertiary/aromatic N) is 2. The third kappa shape index (κ3) is 5.88. The van der Waals surface area contributed by atoms with Gasteiger partial charge in [0.2, 0.25) is 0 Å². The molecule has 1 saturated heterocycles. The van der Waals surface area contributed by atoms with Gasteiger partial charge in [0.05, 0.1) is 13.2 Å². The van der Waals surface area contributed by atoms with Crippen LogP contribution >= 0.6 is 0 Å². The van der Waals surface area contributed by atoms with E-state index in [0.717, 1.165) is 24.1 Å². The van der Waals surface area contributed by atoms with Crippen LogP contribution in [0.1, 0.15) is 39.2 Å². The summed E-state index contributed by atoms with van der Waals surface area (Å²) in [6.07, 6.45) is 1.34. The quantitative estimate of drug-likeness (QED) is 0.551. The third-order valence-corrected chi connectivity index (χ3v) is 6.62. The van der Waals surface area contributed by atoms with Crippen molar-refractivity contribution in [3.05, 3.63) is 66.0 Å². The van der Waals surface area contributed by atoms with E-state index in [4.69, 9.17) is 9.47 Å². The molecule has 0 aromatic heterocycles. The van der Waals surface area contributed by atoms with Gasteiger partial charge in [0.15, 0.2) is 0 Å². The number of piperidine rings is 1. The summed E-state index contributed by atoms with van der Waals surface area (Å²) in [5.41, 5.74) is 1.01. The molecule has 34 heavy (non-hydrogen) atoms. The van der Waals surface area contributed by atoms with Crippen molar-refractivity contribution < 1.29 is 23.5 Å². The largest absolute Gasteiger partial charge is 0.449 e. The smallest absolute Gasteiger partial charge is 0.414 e. The van der Waals surface area contributed by atoms with Crippen LogP contribution in [0.3, 0.4) is 0 Å². The number of hydrogen-bond acceptors (Lipinski definition) is 4. The first-order valence-electron chi connectivity index (χ1n) is 11.9. The van der Waals surface area contributed by atoms with Crippen LogP contribution in [0.2, 0.25) is 0 Å². The highest BCUT2D eigenvalue weighted by atomic mass is 19.1. The van der Waals surface area contributed by atoms with E-state index in [1.54, 1.807) is 21.9 Å². The molecule has 2 aromatic rings. The Bertz CT molecular complexity index is 976. The van der Waals surface area contributed by atoms with Gasteiger partial charge < -0.3 is 14.4 Å². The van der Waals surface area contributed by atoms with Crippen molar-refractivity contribution in [3.63, 3.8) is 0 Å². The van der Waals surface area contributed by atoms with E-state index in [1.807, 2.05) is 51.1 Å². The van der Waals surface area contributed by atoms with Crippen LogP contribution in [0.25, 0.3) is 0 Å². The molecule has 1 aliphatic heterocycles. The Labute approximate surface area is 200 Å². The highest BCUT2D eigenvalue weighted by Gasteiger charge is 2.44. The number of ether oxygens (including phenoxy) is 2. The maximum absolute atomic E-state index is 13.3. The third-order valence-electron chi connectivity index (χ3n) is 6.62. The number of carbonyl (C=O) groups is 2. The molecule has 2 unspecified atom stereocenters. The highest BCUT2D eigenvalue weighted by Crippen LogP contribution is 2.42. The molecule has 2 fully saturated rings. The first kappa shape index (κ1) is 24.0. The fourth-order valence-electron chi connectivity index (χ4n) is 4.97. The minimum atomic E-state index is -0.520. The minimum Gasteiger partial charge on any atom is -0.449 e. The summed E-state index contributed by atoms with van der Waals surface area (Å²) >= 11 is 0. The molecular formula is C27H33FN2O4. The normalized spacial score (nSPS) is 21.8. The topological polar surface area (TPSA) is 59.1 Å². The van der Waals surface area contributed by atoms with E-state index in [0.29, 0.717) is 31.5 Å². The lowest BCUT2D eigenvalue weighted by molar-refractivity contribution is 0.000482. The van der Waals surface area contributed by atoms with Crippen molar-refractivity contribution in [2.75, 3.05) is 24.6 Å². The lowest BCUT2D eigenvalue weighted by atomic mass is 9.86. The summed E-state index contributed by atoms with van der Waals surface area (Å²) in [4.78, 5) is 29.1. The lowest BCUT2D eigenvalue weighted by Gasteiger charge is -2.38. The number of fused-ring (bicyclic) bond motifs is 2. The molecule has 2 aromatic carbocycles. The van der Waals surface area contributed by atoms with E-state index >= 15 is 0 Å². The monoisotopic (exact) mass is 468 g/mol. The van der Waals surface area contributed by atoms with Gasteiger partial charge >= 0.3 is 12.2 Å². The van der Waals surface area contributed by atoms with Crippen LogP contribution in [0, 0.1) is 23.6 Å². The van der Waals surface area contributed by atoms with Gasteiger partial charge in [0.25, 0.3) is 0 Å². The first-order chi connectivity index (χ1) is 16.2. The van der Waals surface area contributed by atoms with Crippen molar-refractivity contribution in [2.24, 2.45) is 17.8 Å². The minimum absolute atomic E-state index is 0.228. The Hall–Kier alpha value is -3.09. The summed E-state index contributed by atoms with van der Waals surface area (Å²) in [7, 11) is 0. The molecule has 4 rings (SSSR count). The SMILES string of the molecule is CC(C)(C)OC(=O)N1CC2CCC(C1)C2COC(=O)N(Cc1ccc(F)cc1)c1ccccc1. The molecule has 7 heteroatoms. The Morgan fingerprint density at radius 1 is 1.00 bits per heavy atom. The maximum atomic E-state index is 13.3. The summed E-state index contributed by atoms with van der Waals surface area (Å²) in [5.74, 6) is 0.500. The summed E-state index contributed by atoms with van der Waals surface area (Å²) in [6.45, 7) is 7.48. The van der Waals surface area contributed by atoms with Gasteiger partial charge in [-0.25, -0.2) is 14.0 Å². The Balaban J connectivity index is 1.39. The van der Waals surface area contributed by atoms with Crippen molar-refractivity contribution in [1.82, 2.24) is 4.90 Å². The predicted octanol–water partition coefficient (Wildman–Crippen LogP) is 5.86. The van der Waals surface area contributed by atoms with Gasteiger partial charge in [-0.3, -0.25) is 4.90 Å². The zero-order chi connectivity index (χ0) is 24.3. The van der Waals surface area contributed by atoms with Gasteiger partial charge in [-0.1, -0.05) is 30.3 Å². The average Bonchev–Trinajstić information content (AvgIpc) is 3.03. The standard InChI is InChI=1S/C27H33FN2O4/c1-27(2,3)34-25(31)29-16-20-11-12-21(17-29)24(20)18-33-26(32)30(23-7-5-4-6-8-23)15-19-9-13-22(28)14-10-19/h4-10,13-14,20-21,24H,11-12,15-18H2,1-3H3. The zero-order valence-electron chi connectivity index (χ0n) is 20.1. The molecule has 2 bridgehead atoms. The van der Waals surface area contributed by atoms with Gasteiger partial charge in [-0.15, -0.1) is 0 Å². The molecule has 182 valence electrons. The number of para-hydroxylation sites is 1. The van der Waals surface area contributed by atoms with E-state index < -0.39 is 11.7 Å². The van der Waals surface area contributed by atoms with Crippen LogP contribution in [-0.2, 0) is 16.0 Å². The second kappa shape index (κ2) is 10.0. The fourth-order valence-corrected chi connectivity index (χ4v) is 4.97. The second-order valence-corrected chi connectivity index (χ2v) is 10.3. The second-order valence-electron chi connectivity index (χ2n) is 10.3. The number of halogens is 1. The van der Waals surface area contributed by atoms with Gasteiger partial charge in [-0.05, 0) is 75.3 Å². The summed E-state index contributed by atoms with van der Waals surface area (Å²) in [5, 5.41) is 0. The predicted molar refractivity (Wildman–Crippen MR) is 128 cm³/mol. The molecule has 0 N–H and O–H groups in total. The lowest BCUT2D eigenvalue weighted by Crippen LogP contribution is -2.48. The van der Waals surface area contributed by atoms with Crippen molar-refractivity contribution in [2.45, 2.75) is 45.8 Å². The Kier molecular flexibility index (Phi) is 7.10. The van der Waals surface area contributed by atoms with Crippen molar-refractivity contribution in [1.29, 1.82) is 0 Å². The zero-order valence-corrected chi connectivity index (χ0v) is 20.1. The molecule has 2 amide bonds. The number of benzene rings is 2. The number of rotatable bonds is 5. The van der Waals surface area contributed by atoms with Crippen LogP contribution in [0.15, 0.2) is 54.6 Å². The van der Waals surface area contributed by atoms with E-state index in [1.165, 1.54) is 12.1 Å². The van der Waals surface area contributed by atoms with E-state index in [9.17, 15) is 14.0 Å². The first-order valence-corrected chi connectivity index (χ1v) is 11.9. The highest BCUT2D eigenvalue weighted by molar-refractivity contribution is 5.87. The van der Waals surface area contributed by atoms with Crippen molar-refractivity contribution in [3.8, 4) is 0 Å². The van der Waals surface area contributed by atoms with Crippen LogP contribution in [0.5, 0.6) is 0 Å². The van der Waals surface area contributed by atoms with Crippen LogP contribution in [-0.4, -0.2) is 42.4 Å². The van der Waals surface area contributed by atoms with Gasteiger partial charge in [-0.2, -0.15) is 0 Å². The fraction of sp³-hybridized carbons (Fsp3) is 0.481. The molecule has 1 aliphatic carbocycles. The van der Waals surface area contributed by atoms with Gasteiger partial charge in [0, 0.05) is 24.7 Å². The molecule has 1 saturated carbocycles. The molecule has 1 heterocycles. The maximum Gasteiger partial charge on any atom is 0.414 e. The number of amides is 2. The number of carbonyl (C=O) groups excluding carboxylic acids is 2. The van der Waals surface area contributed by atoms with E-state index in [-0.39, 0.29) is 24.4 Å². The summed E-state index contributed by atoms with van der Waals surface area (Å²) in [6, 6.07) is 15.5. The molecule has 2 atom stereocenters. The van der Waals surface area contributed by atoms with Crippen LogP contribution in [0.4, 0.5) is 19.7 Å². The van der Waals surface area contributed by atoms with Gasteiger partial charge in [0.1, 0.15) is 11.4 Å².